The Labute approximate surface area is 133 Å². The topological polar surface area (TPSA) is 143 Å². The predicted octanol–water partition coefficient (Wildman–Crippen LogP) is -0.829. The Morgan fingerprint density at radius 2 is 2.30 bits per heavy atom. The van der Waals surface area contributed by atoms with Crippen molar-refractivity contribution in [3.63, 3.8) is 0 Å². The van der Waals surface area contributed by atoms with Gasteiger partial charge in [-0.25, -0.2) is 0 Å². The summed E-state index contributed by atoms with van der Waals surface area (Å²) in [7, 11) is 0. The fraction of sp³-hybridized carbons (Fsp3) is 0.462. The molecule has 0 bridgehead atoms. The van der Waals surface area contributed by atoms with Crippen LogP contribution in [0.3, 0.4) is 0 Å². The number of nitrogens with two attached hydrogens (primary N) is 1. The zero-order chi connectivity index (χ0) is 16.9. The molecule has 9 nitrogen and oxygen atoms in total. The summed E-state index contributed by atoms with van der Waals surface area (Å²) < 4.78 is 6.83. The molecule has 1 fully saturated rings. The number of ether oxygens (including phenoxy) is 1. The number of fused-ring (bicyclic) bond motifs is 1. The van der Waals surface area contributed by atoms with Gasteiger partial charge in [-0.2, -0.15) is 4.98 Å². The van der Waals surface area contributed by atoms with Gasteiger partial charge in [0.15, 0.2) is 11.9 Å². The van der Waals surface area contributed by atoms with Crippen LogP contribution in [-0.4, -0.2) is 43.1 Å². The number of rotatable bonds is 3. The third kappa shape index (κ3) is 2.22. The number of thiazole rings is 1. The number of aromatic nitrogens is 3. The fourth-order valence-electron chi connectivity index (χ4n) is 2.95. The normalized spacial score (nSPS) is 30.8. The third-order valence-corrected chi connectivity index (χ3v) is 4.98. The molecule has 10 heteroatoms. The number of H-pyrrole nitrogens is 1. The minimum atomic E-state index is -1.52. The summed E-state index contributed by atoms with van der Waals surface area (Å²) in [4.78, 5) is 30.0. The molecule has 1 saturated heterocycles. The van der Waals surface area contributed by atoms with Gasteiger partial charge < -0.3 is 20.7 Å². The number of nitrogens with one attached hydrogen (secondary N) is 1. The smallest absolute Gasteiger partial charge is 0.311 e. The Balaban J connectivity index is 2.25. The Morgan fingerprint density at radius 1 is 1.61 bits per heavy atom. The van der Waals surface area contributed by atoms with Crippen LogP contribution in [0.15, 0.2) is 22.2 Å². The van der Waals surface area contributed by atoms with Crippen LogP contribution < -0.4 is 16.2 Å². The van der Waals surface area contributed by atoms with Gasteiger partial charge >= 0.3 is 4.87 Å². The Bertz CT molecular complexity index is 883. The fourth-order valence-corrected chi connectivity index (χ4v) is 3.78. The molecular weight excluding hydrogens is 324 g/mol. The lowest BCUT2D eigenvalue weighted by atomic mass is 9.86. The van der Waals surface area contributed by atoms with Gasteiger partial charge in [0.25, 0.3) is 5.56 Å². The highest BCUT2D eigenvalue weighted by atomic mass is 32.1. The summed E-state index contributed by atoms with van der Waals surface area (Å²) in [6.07, 6.45) is -0.388. The van der Waals surface area contributed by atoms with Crippen LogP contribution in [0, 0.1) is 5.92 Å². The molecular formula is C13H16N4O5S. The standard InChI is InChI=1S/C13H16N4O5S/c1-3-5-6(4-18)22-10(13(5,2)21)17-8-7(23-12(17)20)9(19)16-11(14)15-8/h3,5-6,10,18,21H,1,4H2,2H3,(H3,14,15,16,19)/t5-,6-,10-,13-/m1/s1. The van der Waals surface area contributed by atoms with E-state index < -0.39 is 34.3 Å². The second kappa shape index (κ2) is 5.27. The quantitative estimate of drug-likeness (QED) is 0.534. The van der Waals surface area contributed by atoms with Crippen LogP contribution in [-0.2, 0) is 4.74 Å². The average Bonchev–Trinajstić information content (AvgIpc) is 2.92. The highest BCUT2D eigenvalue weighted by Crippen LogP contribution is 2.43. The maximum atomic E-state index is 12.3. The van der Waals surface area contributed by atoms with Crippen molar-refractivity contribution in [3.8, 4) is 0 Å². The van der Waals surface area contributed by atoms with Crippen molar-refractivity contribution >= 4 is 27.6 Å². The van der Waals surface area contributed by atoms with Gasteiger partial charge in [-0.3, -0.25) is 19.1 Å². The second-order valence-corrected chi connectivity index (χ2v) is 6.50. The zero-order valence-electron chi connectivity index (χ0n) is 12.2. The molecule has 23 heavy (non-hydrogen) atoms. The molecule has 2 aromatic rings. The van der Waals surface area contributed by atoms with Crippen molar-refractivity contribution in [3.05, 3.63) is 32.7 Å². The van der Waals surface area contributed by atoms with Gasteiger partial charge in [0.05, 0.1) is 12.7 Å². The number of nitrogen functional groups attached to an aromatic ring is 1. The van der Waals surface area contributed by atoms with Gasteiger partial charge in [0.2, 0.25) is 5.95 Å². The highest BCUT2D eigenvalue weighted by Gasteiger charge is 2.53. The van der Waals surface area contributed by atoms with Crippen molar-refractivity contribution < 1.29 is 14.9 Å². The molecule has 1 aliphatic rings. The number of nitrogens with zero attached hydrogens (tertiary/aromatic N) is 2. The van der Waals surface area contributed by atoms with E-state index >= 15 is 0 Å². The number of aliphatic hydroxyl groups excluding tert-OH is 1. The lowest BCUT2D eigenvalue weighted by molar-refractivity contribution is -0.0877. The molecule has 0 amide bonds. The lowest BCUT2D eigenvalue weighted by Crippen LogP contribution is -2.41. The van der Waals surface area contributed by atoms with Gasteiger partial charge in [-0.1, -0.05) is 17.4 Å². The van der Waals surface area contributed by atoms with E-state index in [1.807, 2.05) is 0 Å². The Morgan fingerprint density at radius 3 is 2.87 bits per heavy atom. The monoisotopic (exact) mass is 340 g/mol. The van der Waals surface area contributed by atoms with Crippen LogP contribution in [0.5, 0.6) is 0 Å². The molecule has 0 aromatic carbocycles. The minimum Gasteiger partial charge on any atom is -0.394 e. The molecule has 2 aromatic heterocycles. The molecule has 124 valence electrons. The van der Waals surface area contributed by atoms with Crippen molar-refractivity contribution in [1.82, 2.24) is 14.5 Å². The number of hydrogen-bond acceptors (Lipinski definition) is 8. The van der Waals surface area contributed by atoms with Gasteiger partial charge in [0.1, 0.15) is 10.3 Å². The van der Waals surface area contributed by atoms with E-state index in [9.17, 15) is 19.8 Å². The molecule has 0 saturated carbocycles. The first-order chi connectivity index (χ1) is 10.8. The maximum Gasteiger partial charge on any atom is 0.311 e. The van der Waals surface area contributed by atoms with Crippen molar-refractivity contribution in [2.45, 2.75) is 24.9 Å². The van der Waals surface area contributed by atoms with E-state index in [-0.39, 0.29) is 22.9 Å². The number of hydrogen-bond donors (Lipinski definition) is 4. The van der Waals surface area contributed by atoms with E-state index in [2.05, 4.69) is 16.5 Å². The number of aliphatic hydroxyl groups is 2. The first-order valence-corrected chi connectivity index (χ1v) is 7.65. The molecule has 1 aliphatic heterocycles. The molecule has 3 rings (SSSR count). The molecule has 5 N–H and O–H groups in total. The van der Waals surface area contributed by atoms with E-state index in [1.165, 1.54) is 13.0 Å². The Kier molecular flexibility index (Phi) is 3.64. The predicted molar refractivity (Wildman–Crippen MR) is 84.2 cm³/mol. The lowest BCUT2D eigenvalue weighted by Gasteiger charge is -2.28. The van der Waals surface area contributed by atoms with E-state index in [0.717, 1.165) is 4.57 Å². The van der Waals surface area contributed by atoms with Crippen LogP contribution in [0.25, 0.3) is 10.3 Å². The summed E-state index contributed by atoms with van der Waals surface area (Å²) in [6.45, 7) is 4.77. The first kappa shape index (κ1) is 15.9. The van der Waals surface area contributed by atoms with Crippen LogP contribution >= 0.6 is 11.3 Å². The largest absolute Gasteiger partial charge is 0.394 e. The molecule has 3 heterocycles. The van der Waals surface area contributed by atoms with Gasteiger partial charge in [-0.05, 0) is 6.92 Å². The van der Waals surface area contributed by atoms with Crippen LogP contribution in [0.2, 0.25) is 0 Å². The molecule has 0 spiro atoms. The van der Waals surface area contributed by atoms with E-state index in [0.29, 0.717) is 11.3 Å². The number of aromatic amines is 1. The molecule has 0 aliphatic carbocycles. The maximum absolute atomic E-state index is 12.3. The molecule has 0 radical (unpaired) electrons. The summed E-state index contributed by atoms with van der Waals surface area (Å²) in [5, 5.41) is 20.2. The number of anilines is 1. The average molecular weight is 340 g/mol. The van der Waals surface area contributed by atoms with E-state index in [4.69, 9.17) is 10.5 Å². The highest BCUT2D eigenvalue weighted by molar-refractivity contribution is 7.16. The Hall–Kier alpha value is -2.01. The van der Waals surface area contributed by atoms with Gasteiger partial charge in [0, 0.05) is 5.92 Å². The zero-order valence-corrected chi connectivity index (χ0v) is 13.0. The summed E-state index contributed by atoms with van der Waals surface area (Å²) in [6, 6.07) is 0. The van der Waals surface area contributed by atoms with Gasteiger partial charge in [-0.15, -0.1) is 6.58 Å². The summed E-state index contributed by atoms with van der Waals surface area (Å²) in [5.74, 6) is -0.746. The minimum absolute atomic E-state index is 0.0351. The summed E-state index contributed by atoms with van der Waals surface area (Å²) >= 11 is 0.685. The first-order valence-electron chi connectivity index (χ1n) is 6.83. The van der Waals surface area contributed by atoms with Crippen molar-refractivity contribution in [2.75, 3.05) is 12.3 Å². The van der Waals surface area contributed by atoms with E-state index in [1.54, 1.807) is 0 Å². The molecule has 4 atom stereocenters. The second-order valence-electron chi connectivity index (χ2n) is 5.54. The van der Waals surface area contributed by atoms with Crippen LogP contribution in [0.4, 0.5) is 5.95 Å². The summed E-state index contributed by atoms with van der Waals surface area (Å²) in [5.41, 5.74) is 3.52. The SMILES string of the molecule is C=C[C@@H]1[C@@H](CO)O[C@@H](n2c(=O)sc3c(=O)[nH]c(N)nc32)[C@]1(C)O. The third-order valence-electron chi connectivity index (χ3n) is 4.04. The van der Waals surface area contributed by atoms with Crippen LogP contribution in [0.1, 0.15) is 13.2 Å². The van der Waals surface area contributed by atoms with Crippen molar-refractivity contribution in [1.29, 1.82) is 0 Å². The van der Waals surface area contributed by atoms with Crippen molar-refractivity contribution in [2.24, 2.45) is 5.92 Å². The molecule has 0 unspecified atom stereocenters.